The predicted octanol–water partition coefficient (Wildman–Crippen LogP) is 6.19. The van der Waals surface area contributed by atoms with E-state index in [-0.39, 0.29) is 5.75 Å². The summed E-state index contributed by atoms with van der Waals surface area (Å²) in [5, 5.41) is 1.21. The van der Waals surface area contributed by atoms with Gasteiger partial charge in [0.15, 0.2) is 0 Å². The number of alkyl halides is 3. The maximum Gasteiger partial charge on any atom is 0.573 e. The van der Waals surface area contributed by atoms with Crippen molar-refractivity contribution in [1.82, 2.24) is 4.90 Å². The second-order valence-corrected chi connectivity index (χ2v) is 7.84. The van der Waals surface area contributed by atoms with E-state index in [2.05, 4.69) is 43.8 Å². The number of ether oxygens (including phenoxy) is 1. The molecule has 0 N–H and O–H groups in total. The van der Waals surface area contributed by atoms with Crippen LogP contribution in [0.4, 0.5) is 13.2 Å². The van der Waals surface area contributed by atoms with Crippen LogP contribution in [0.2, 0.25) is 0 Å². The Bertz CT molecular complexity index is 861. The molecule has 0 fully saturated rings. The number of nitrogens with zero attached hydrogens (tertiary/aromatic N) is 1. The van der Waals surface area contributed by atoms with Crippen LogP contribution in [0.5, 0.6) is 5.75 Å². The number of rotatable bonds is 5. The topological polar surface area (TPSA) is 12.5 Å². The zero-order chi connectivity index (χ0) is 18.0. The summed E-state index contributed by atoms with van der Waals surface area (Å²) in [4.78, 5) is 3.37. The fourth-order valence-electron chi connectivity index (χ4n) is 2.58. The van der Waals surface area contributed by atoms with Crippen molar-refractivity contribution in [2.24, 2.45) is 0 Å². The van der Waals surface area contributed by atoms with Crippen molar-refractivity contribution in [1.29, 1.82) is 0 Å². The summed E-state index contributed by atoms with van der Waals surface area (Å²) in [6, 6.07) is 14.4. The van der Waals surface area contributed by atoms with Crippen LogP contribution in [0.3, 0.4) is 0 Å². The molecular weight excluding hydrogens is 415 g/mol. The normalized spacial score (nSPS) is 12.1. The monoisotopic (exact) mass is 429 g/mol. The van der Waals surface area contributed by atoms with Crippen LogP contribution in [0.1, 0.15) is 10.4 Å². The maximum absolute atomic E-state index is 12.2. The molecule has 0 aliphatic rings. The quantitative estimate of drug-likeness (QED) is 0.478. The summed E-state index contributed by atoms with van der Waals surface area (Å²) in [6.07, 6.45) is -4.66. The number of hydrogen-bond acceptors (Lipinski definition) is 3. The van der Waals surface area contributed by atoms with E-state index in [1.165, 1.54) is 27.1 Å². The molecule has 0 unspecified atom stereocenters. The minimum Gasteiger partial charge on any atom is -0.406 e. The first kappa shape index (κ1) is 18.2. The Labute approximate surface area is 156 Å². The fourth-order valence-corrected chi connectivity index (χ4v) is 4.08. The van der Waals surface area contributed by atoms with Gasteiger partial charge in [-0.1, -0.05) is 28.1 Å². The lowest BCUT2D eigenvalue weighted by atomic mass is 10.2. The first-order valence-corrected chi connectivity index (χ1v) is 9.11. The summed E-state index contributed by atoms with van der Waals surface area (Å²) < 4.78 is 42.7. The Morgan fingerprint density at radius 3 is 2.44 bits per heavy atom. The highest BCUT2D eigenvalue weighted by Gasteiger charge is 2.30. The predicted molar refractivity (Wildman–Crippen MR) is 97.8 cm³/mol. The highest BCUT2D eigenvalue weighted by Crippen LogP contribution is 2.29. The smallest absolute Gasteiger partial charge is 0.406 e. The Kier molecular flexibility index (Phi) is 5.36. The third kappa shape index (κ3) is 5.20. The molecule has 3 aromatic rings. The van der Waals surface area contributed by atoms with E-state index in [0.717, 1.165) is 16.6 Å². The van der Waals surface area contributed by atoms with Crippen LogP contribution in [0.15, 0.2) is 53.0 Å². The molecule has 0 bridgehead atoms. The van der Waals surface area contributed by atoms with Crippen molar-refractivity contribution in [2.75, 3.05) is 7.05 Å². The molecule has 1 aromatic heterocycles. The standard InChI is InChI=1S/C18H15BrF3NOS/c1-23(10-12-2-5-15(6-3-12)24-18(20,21)22)11-16-9-13-8-14(19)4-7-17(13)25-16/h2-9H,10-11H2,1H3. The lowest BCUT2D eigenvalue weighted by molar-refractivity contribution is -0.274. The molecule has 2 nitrogen and oxygen atoms in total. The van der Waals surface area contributed by atoms with Gasteiger partial charge >= 0.3 is 6.36 Å². The lowest BCUT2D eigenvalue weighted by Crippen LogP contribution is -2.18. The van der Waals surface area contributed by atoms with Gasteiger partial charge in [-0.3, -0.25) is 4.90 Å². The average molecular weight is 430 g/mol. The first-order chi connectivity index (χ1) is 11.8. The summed E-state index contributed by atoms with van der Waals surface area (Å²) in [5.41, 5.74) is 0.931. The van der Waals surface area contributed by atoms with Crippen molar-refractivity contribution in [2.45, 2.75) is 19.5 Å². The Hall–Kier alpha value is -1.57. The zero-order valence-corrected chi connectivity index (χ0v) is 15.7. The number of hydrogen-bond donors (Lipinski definition) is 0. The molecular formula is C18H15BrF3NOS. The van der Waals surface area contributed by atoms with Crippen LogP contribution in [-0.2, 0) is 13.1 Å². The van der Waals surface area contributed by atoms with E-state index in [1.807, 2.05) is 13.1 Å². The van der Waals surface area contributed by atoms with Crippen molar-refractivity contribution in [3.05, 3.63) is 63.4 Å². The minimum absolute atomic E-state index is 0.200. The summed E-state index contributed by atoms with van der Waals surface area (Å²) in [7, 11) is 1.99. The molecule has 2 aromatic carbocycles. The first-order valence-electron chi connectivity index (χ1n) is 7.50. The largest absolute Gasteiger partial charge is 0.573 e. The van der Waals surface area contributed by atoms with Crippen LogP contribution >= 0.6 is 27.3 Å². The Morgan fingerprint density at radius 2 is 1.76 bits per heavy atom. The molecule has 0 saturated carbocycles. The van der Waals surface area contributed by atoms with E-state index in [1.54, 1.807) is 23.5 Å². The van der Waals surface area contributed by atoms with E-state index in [4.69, 9.17) is 0 Å². The average Bonchev–Trinajstić information content (AvgIpc) is 2.89. The van der Waals surface area contributed by atoms with Gasteiger partial charge in [0.05, 0.1) is 0 Å². The summed E-state index contributed by atoms with van der Waals surface area (Å²) in [6.45, 7) is 1.42. The third-order valence-corrected chi connectivity index (χ3v) is 5.16. The number of fused-ring (bicyclic) bond motifs is 1. The molecule has 0 amide bonds. The Balaban J connectivity index is 1.62. The third-order valence-electron chi connectivity index (χ3n) is 3.56. The second kappa shape index (κ2) is 7.35. The van der Waals surface area contributed by atoms with Crippen molar-refractivity contribution in [3.63, 3.8) is 0 Å². The Morgan fingerprint density at radius 1 is 1.04 bits per heavy atom. The molecule has 0 spiro atoms. The molecule has 0 radical (unpaired) electrons. The van der Waals surface area contributed by atoms with Crippen LogP contribution in [-0.4, -0.2) is 18.3 Å². The second-order valence-electron chi connectivity index (χ2n) is 5.76. The summed E-state index contributed by atoms with van der Waals surface area (Å²) >= 11 is 5.22. The van der Waals surface area contributed by atoms with Gasteiger partial charge in [-0.15, -0.1) is 24.5 Å². The number of benzene rings is 2. The van der Waals surface area contributed by atoms with Gasteiger partial charge in [0.1, 0.15) is 5.75 Å². The van der Waals surface area contributed by atoms with E-state index in [0.29, 0.717) is 6.54 Å². The van der Waals surface area contributed by atoms with Crippen LogP contribution in [0, 0.1) is 0 Å². The van der Waals surface area contributed by atoms with Crippen molar-refractivity contribution >= 4 is 37.4 Å². The molecule has 1 heterocycles. The molecule has 0 aliphatic heterocycles. The molecule has 0 atom stereocenters. The van der Waals surface area contributed by atoms with Gasteiger partial charge in [-0.05, 0) is 54.4 Å². The fraction of sp³-hybridized carbons (Fsp3) is 0.222. The van der Waals surface area contributed by atoms with Crippen molar-refractivity contribution < 1.29 is 17.9 Å². The van der Waals surface area contributed by atoms with Gasteiger partial charge in [0.2, 0.25) is 0 Å². The van der Waals surface area contributed by atoms with Gasteiger partial charge in [0.25, 0.3) is 0 Å². The van der Waals surface area contributed by atoms with Gasteiger partial charge < -0.3 is 4.74 Å². The van der Waals surface area contributed by atoms with Crippen molar-refractivity contribution in [3.8, 4) is 5.75 Å². The maximum atomic E-state index is 12.2. The molecule has 25 heavy (non-hydrogen) atoms. The van der Waals surface area contributed by atoms with E-state index < -0.39 is 6.36 Å². The number of halogens is 4. The lowest BCUT2D eigenvalue weighted by Gasteiger charge is -2.16. The van der Waals surface area contributed by atoms with Gasteiger partial charge in [-0.2, -0.15) is 0 Å². The number of thiophene rings is 1. The van der Waals surface area contributed by atoms with E-state index >= 15 is 0 Å². The van der Waals surface area contributed by atoms with Crippen LogP contribution in [0.25, 0.3) is 10.1 Å². The molecule has 3 rings (SSSR count). The van der Waals surface area contributed by atoms with Crippen LogP contribution < -0.4 is 4.74 Å². The molecule has 132 valence electrons. The van der Waals surface area contributed by atoms with Gasteiger partial charge in [-0.25, -0.2) is 0 Å². The highest BCUT2D eigenvalue weighted by atomic mass is 79.9. The highest BCUT2D eigenvalue weighted by molar-refractivity contribution is 9.10. The van der Waals surface area contributed by atoms with E-state index in [9.17, 15) is 13.2 Å². The molecule has 0 aliphatic carbocycles. The molecule has 7 heteroatoms. The van der Waals surface area contributed by atoms with Gasteiger partial charge in [0, 0.05) is 27.1 Å². The minimum atomic E-state index is -4.66. The molecule has 0 saturated heterocycles. The SMILES string of the molecule is CN(Cc1ccc(OC(F)(F)F)cc1)Cc1cc2cc(Br)ccc2s1. The zero-order valence-electron chi connectivity index (χ0n) is 13.3. The summed E-state index contributed by atoms with van der Waals surface area (Å²) in [5.74, 6) is -0.200.